The zero-order chi connectivity index (χ0) is 15.8. The van der Waals surface area contributed by atoms with Gasteiger partial charge in [0, 0.05) is 0 Å². The van der Waals surface area contributed by atoms with Gasteiger partial charge in [0.15, 0.2) is 0 Å². The molecule has 4 nitrogen and oxygen atoms in total. The van der Waals surface area contributed by atoms with Crippen LogP contribution in [0.2, 0.25) is 0 Å². The third-order valence-corrected chi connectivity index (χ3v) is 6.07. The molecule has 0 unspecified atom stereocenters. The van der Waals surface area contributed by atoms with E-state index in [2.05, 4.69) is 19.5 Å². The summed E-state index contributed by atoms with van der Waals surface area (Å²) in [6.07, 6.45) is 1.02. The summed E-state index contributed by atoms with van der Waals surface area (Å²) < 4.78 is 3.42. The molecule has 3 radical (unpaired) electrons. The van der Waals surface area contributed by atoms with Crippen molar-refractivity contribution < 1.29 is 4.79 Å². The molecule has 1 aliphatic heterocycles. The van der Waals surface area contributed by atoms with Crippen molar-refractivity contribution in [3.8, 4) is 0 Å². The second-order valence-electron chi connectivity index (χ2n) is 5.56. The molecule has 1 amide bonds. The number of carbonyl (C=O) groups is 1. The molecule has 0 atom stereocenters. The van der Waals surface area contributed by atoms with Crippen molar-refractivity contribution in [2.24, 2.45) is 0 Å². The van der Waals surface area contributed by atoms with Gasteiger partial charge in [-0.05, 0) is 0 Å². The summed E-state index contributed by atoms with van der Waals surface area (Å²) in [6.45, 7) is 1.94. The molecule has 1 aliphatic rings. The molecular formula is C17H14N3OSSn. The first-order valence-electron chi connectivity index (χ1n) is 7.44. The molecule has 2 aromatic carbocycles. The fourth-order valence-corrected chi connectivity index (χ4v) is 4.52. The Bertz CT molecular complexity index is 859. The Morgan fingerprint density at radius 2 is 2.09 bits per heavy atom. The van der Waals surface area contributed by atoms with Crippen LogP contribution in [0, 0.1) is 0 Å². The van der Waals surface area contributed by atoms with E-state index >= 15 is 0 Å². The number of hydrogen-bond donors (Lipinski definition) is 1. The maximum absolute atomic E-state index is 12.7. The average Bonchev–Trinajstić information content (AvgIpc) is 2.96. The van der Waals surface area contributed by atoms with Gasteiger partial charge in [-0.1, -0.05) is 0 Å². The zero-order valence-electron chi connectivity index (χ0n) is 12.4. The van der Waals surface area contributed by atoms with Crippen LogP contribution in [0.4, 0.5) is 5.13 Å². The van der Waals surface area contributed by atoms with Crippen LogP contribution in [0.1, 0.15) is 21.5 Å². The van der Waals surface area contributed by atoms with Crippen molar-refractivity contribution in [3.63, 3.8) is 0 Å². The number of benzene rings is 2. The van der Waals surface area contributed by atoms with E-state index < -0.39 is 0 Å². The molecule has 1 N–H and O–H groups in total. The number of nitrogens with zero attached hydrogens (tertiary/aromatic N) is 2. The van der Waals surface area contributed by atoms with Crippen LogP contribution >= 0.6 is 11.3 Å². The van der Waals surface area contributed by atoms with Crippen LogP contribution in [0.3, 0.4) is 0 Å². The third kappa shape index (κ3) is 3.00. The molecule has 6 heteroatoms. The summed E-state index contributed by atoms with van der Waals surface area (Å²) in [5, 5.41) is 3.63. The first-order valence-corrected chi connectivity index (χ1v) is 9.54. The second kappa shape index (κ2) is 6.22. The topological polar surface area (TPSA) is 45.2 Å². The number of amides is 1. The van der Waals surface area contributed by atoms with Crippen molar-refractivity contribution in [1.82, 2.24) is 8.11 Å². The van der Waals surface area contributed by atoms with Crippen molar-refractivity contribution in [2.75, 3.05) is 11.9 Å². The van der Waals surface area contributed by atoms with Crippen LogP contribution in [0.25, 0.3) is 10.2 Å². The molecule has 0 spiro atoms. The predicted octanol–water partition coefficient (Wildman–Crippen LogP) is 2.99. The minimum atomic E-state index is -0.0630. The third-order valence-electron chi connectivity index (χ3n) is 4.03. The first-order chi connectivity index (χ1) is 11.2. The number of thiazole rings is 1. The molecule has 0 bridgehead atoms. The van der Waals surface area contributed by atoms with Gasteiger partial charge in [0.25, 0.3) is 0 Å². The fraction of sp³-hybridized carbons (Fsp3) is 0.176. The van der Waals surface area contributed by atoms with Crippen LogP contribution in [0.15, 0.2) is 42.5 Å². The van der Waals surface area contributed by atoms with Gasteiger partial charge in [-0.15, -0.1) is 0 Å². The van der Waals surface area contributed by atoms with Gasteiger partial charge in [0.2, 0.25) is 0 Å². The standard InChI is InChI=1S/C17H14N3OS.Sn/c21-16(12-5-3-4-11-8-9-18-10-13(11)12)20-17-19-14-6-1-2-7-15(14)22-17;/h1-7H,8-10H2,(H,19,20,21);/q-1;+1. The van der Waals surface area contributed by atoms with Gasteiger partial charge in [-0.2, -0.15) is 0 Å². The van der Waals surface area contributed by atoms with E-state index in [1.54, 1.807) is 0 Å². The normalized spacial score (nSPS) is 14.7. The van der Waals surface area contributed by atoms with Gasteiger partial charge >= 0.3 is 152 Å². The Hall–Kier alpha value is -1.44. The Kier molecular flexibility index (Phi) is 4.09. The molecule has 0 fully saturated rings. The SMILES string of the molecule is O=C(Nc1nc2ccccc2s1)c1cccc2c1C[N]([Sn])CC2. The molecule has 0 saturated heterocycles. The monoisotopic (exact) mass is 428 g/mol. The van der Waals surface area contributed by atoms with E-state index in [1.165, 1.54) is 39.7 Å². The Morgan fingerprint density at radius 3 is 2.96 bits per heavy atom. The van der Waals surface area contributed by atoms with Gasteiger partial charge < -0.3 is 0 Å². The number of hydrogen-bond acceptors (Lipinski definition) is 4. The Balaban J connectivity index is 1.64. The summed E-state index contributed by atoms with van der Waals surface area (Å²) >= 11 is 2.91. The van der Waals surface area contributed by atoms with Crippen molar-refractivity contribution in [1.29, 1.82) is 0 Å². The minimum absolute atomic E-state index is 0.0630. The number of carbonyl (C=O) groups excluding carboxylic acids is 1. The summed E-state index contributed by atoms with van der Waals surface area (Å²) in [5.41, 5.74) is 4.15. The summed E-state index contributed by atoms with van der Waals surface area (Å²) in [5.74, 6) is -0.0630. The summed E-state index contributed by atoms with van der Waals surface area (Å²) in [7, 11) is 0. The quantitative estimate of drug-likeness (QED) is 0.640. The number of aromatic nitrogens is 1. The number of anilines is 1. The Labute approximate surface area is 152 Å². The van der Waals surface area contributed by atoms with Crippen molar-refractivity contribution >= 4 is 55.4 Å². The fourth-order valence-electron chi connectivity index (χ4n) is 2.88. The van der Waals surface area contributed by atoms with Crippen LogP contribution in [-0.2, 0) is 13.0 Å². The molecule has 3 aromatic rings. The van der Waals surface area contributed by atoms with E-state index in [0.717, 1.165) is 40.9 Å². The van der Waals surface area contributed by atoms with Crippen LogP contribution < -0.4 is 5.32 Å². The van der Waals surface area contributed by atoms with Gasteiger partial charge in [0.1, 0.15) is 0 Å². The van der Waals surface area contributed by atoms with E-state index in [9.17, 15) is 4.79 Å². The Morgan fingerprint density at radius 1 is 1.22 bits per heavy atom. The first kappa shape index (κ1) is 15.1. The van der Waals surface area contributed by atoms with Crippen LogP contribution in [0.5, 0.6) is 0 Å². The molecule has 2 heterocycles. The van der Waals surface area contributed by atoms with E-state index in [-0.39, 0.29) is 5.91 Å². The number of rotatable bonds is 2. The van der Waals surface area contributed by atoms with Crippen molar-refractivity contribution in [3.05, 3.63) is 59.2 Å². The van der Waals surface area contributed by atoms with Gasteiger partial charge in [-0.3, -0.25) is 0 Å². The average molecular weight is 427 g/mol. The van der Waals surface area contributed by atoms with E-state index in [0.29, 0.717) is 5.13 Å². The zero-order valence-corrected chi connectivity index (χ0v) is 16.0. The summed E-state index contributed by atoms with van der Waals surface area (Å²) in [6, 6.07) is 13.9. The van der Waals surface area contributed by atoms with Crippen LogP contribution in [-0.4, -0.2) is 43.4 Å². The predicted molar refractivity (Wildman–Crippen MR) is 93.9 cm³/mol. The molecule has 1 aromatic heterocycles. The van der Waals surface area contributed by atoms with Gasteiger partial charge in [0.05, 0.1) is 0 Å². The molecule has 23 heavy (non-hydrogen) atoms. The maximum atomic E-state index is 12.7. The van der Waals surface area contributed by atoms with Crippen molar-refractivity contribution in [2.45, 2.75) is 13.0 Å². The summed E-state index contributed by atoms with van der Waals surface area (Å²) in [4.78, 5) is 17.2. The second-order valence-corrected chi connectivity index (χ2v) is 8.39. The molecule has 4 rings (SSSR count). The number of para-hydroxylation sites is 1. The molecule has 0 saturated carbocycles. The molecular weight excluding hydrogens is 413 g/mol. The van der Waals surface area contributed by atoms with E-state index in [1.807, 2.05) is 36.4 Å². The van der Waals surface area contributed by atoms with Gasteiger partial charge in [-0.25, -0.2) is 0 Å². The molecule has 113 valence electrons. The number of nitrogens with one attached hydrogen (secondary N) is 1. The molecule has 0 aliphatic carbocycles. The van der Waals surface area contributed by atoms with E-state index in [4.69, 9.17) is 0 Å². The number of fused-ring (bicyclic) bond motifs is 2.